The smallest absolute Gasteiger partial charge is 0.191 e. The number of methoxy groups -OCH3 is 1. The van der Waals surface area contributed by atoms with Gasteiger partial charge in [-0.05, 0) is 32.4 Å². The molecule has 0 saturated heterocycles. The highest BCUT2D eigenvalue weighted by molar-refractivity contribution is 14.0. The summed E-state index contributed by atoms with van der Waals surface area (Å²) in [5.74, 6) is 4.12. The van der Waals surface area contributed by atoms with Crippen LogP contribution in [-0.4, -0.2) is 53.6 Å². The number of hydrogen-bond donors (Lipinski definition) is 2. The second kappa shape index (κ2) is 10.5. The van der Waals surface area contributed by atoms with Gasteiger partial charge in [-0.25, -0.2) is 9.67 Å². The van der Waals surface area contributed by atoms with Crippen LogP contribution in [0.25, 0.3) is 0 Å². The second-order valence-corrected chi connectivity index (χ2v) is 6.67. The molecule has 0 amide bonds. The average Bonchev–Trinajstić information content (AvgIpc) is 3.04. The minimum absolute atomic E-state index is 0. The minimum atomic E-state index is -0.0456. The predicted molar refractivity (Wildman–Crippen MR) is 120 cm³/mol. The Labute approximate surface area is 183 Å². The van der Waals surface area contributed by atoms with Crippen LogP contribution in [0.1, 0.15) is 25.0 Å². The molecule has 2 aromatic rings. The lowest BCUT2D eigenvalue weighted by Gasteiger charge is -2.26. The molecule has 0 fully saturated rings. The summed E-state index contributed by atoms with van der Waals surface area (Å²) >= 11 is 0. The van der Waals surface area contributed by atoms with E-state index in [1.807, 2.05) is 42.8 Å². The maximum absolute atomic E-state index is 5.98. The number of aliphatic imine (C=N–C) groups is 1. The molecule has 2 heterocycles. The molecule has 0 aliphatic carbocycles. The van der Waals surface area contributed by atoms with E-state index in [1.54, 1.807) is 14.2 Å². The third-order valence-electron chi connectivity index (χ3n) is 4.48. The normalized spacial score (nSPS) is 17.1. The topological polar surface area (TPSA) is 85.6 Å². The molecule has 154 valence electrons. The van der Waals surface area contributed by atoms with E-state index in [2.05, 4.69) is 25.7 Å². The lowest BCUT2D eigenvalue weighted by molar-refractivity contribution is 0.213. The van der Waals surface area contributed by atoms with Crippen LogP contribution < -0.4 is 20.1 Å². The van der Waals surface area contributed by atoms with Crippen molar-refractivity contribution in [3.05, 3.63) is 35.9 Å². The number of halogens is 1. The van der Waals surface area contributed by atoms with Crippen molar-refractivity contribution in [2.24, 2.45) is 4.99 Å². The summed E-state index contributed by atoms with van der Waals surface area (Å²) in [6, 6.07) is 7.92. The fourth-order valence-electron chi connectivity index (χ4n) is 3.15. The van der Waals surface area contributed by atoms with Gasteiger partial charge in [0.2, 0.25) is 0 Å². The van der Waals surface area contributed by atoms with Crippen LogP contribution in [0.4, 0.5) is 0 Å². The van der Waals surface area contributed by atoms with Gasteiger partial charge in [0, 0.05) is 19.5 Å². The Hall–Kier alpha value is -2.04. The van der Waals surface area contributed by atoms with Gasteiger partial charge in [-0.1, -0.05) is 12.1 Å². The van der Waals surface area contributed by atoms with E-state index in [0.29, 0.717) is 6.54 Å². The predicted octanol–water partition coefficient (Wildman–Crippen LogP) is 2.16. The quantitative estimate of drug-likeness (QED) is 0.360. The van der Waals surface area contributed by atoms with E-state index in [9.17, 15) is 0 Å². The zero-order chi connectivity index (χ0) is 19.2. The van der Waals surface area contributed by atoms with Crippen LogP contribution in [0.3, 0.4) is 0 Å². The van der Waals surface area contributed by atoms with Gasteiger partial charge in [0.05, 0.1) is 20.2 Å². The summed E-state index contributed by atoms with van der Waals surface area (Å²) < 4.78 is 13.3. The van der Waals surface area contributed by atoms with Crippen LogP contribution in [0.2, 0.25) is 0 Å². The molecule has 0 bridgehead atoms. The van der Waals surface area contributed by atoms with Crippen molar-refractivity contribution in [3.63, 3.8) is 0 Å². The summed E-state index contributed by atoms with van der Waals surface area (Å²) in [7, 11) is 3.41. The first-order valence-electron chi connectivity index (χ1n) is 9.26. The molecule has 28 heavy (non-hydrogen) atoms. The zero-order valence-electron chi connectivity index (χ0n) is 16.8. The molecule has 0 radical (unpaired) electrons. The molecule has 1 aliphatic rings. The van der Waals surface area contributed by atoms with Gasteiger partial charge in [-0.15, -0.1) is 24.0 Å². The summed E-state index contributed by atoms with van der Waals surface area (Å²) in [6.07, 6.45) is 1.88. The molecule has 2 unspecified atom stereocenters. The summed E-state index contributed by atoms with van der Waals surface area (Å²) in [4.78, 5) is 8.77. The number of aromatic nitrogens is 3. The molecule has 9 heteroatoms. The fraction of sp³-hybridized carbons (Fsp3) is 0.526. The van der Waals surface area contributed by atoms with Crippen molar-refractivity contribution >= 4 is 29.9 Å². The Morgan fingerprint density at radius 2 is 2.11 bits per heavy atom. The lowest BCUT2D eigenvalue weighted by atomic mass is 10.1. The SMILES string of the molecule is CN=C(NCC(C)Oc1ccccc1OC)NC1CCc2nc(C)nn2C1.I. The van der Waals surface area contributed by atoms with Crippen LogP contribution >= 0.6 is 24.0 Å². The standard InChI is InChI=1S/C19H28N6O2.HI/c1-13(27-17-8-6-5-7-16(17)26-4)11-21-19(20-3)23-15-9-10-18-22-14(2)24-25(18)12-15;/h5-8,13,15H,9-12H2,1-4H3,(H2,20,21,23);1H. The molecule has 1 aromatic carbocycles. The molecular formula is C19H29IN6O2. The van der Waals surface area contributed by atoms with Gasteiger partial charge >= 0.3 is 0 Å². The molecule has 2 N–H and O–H groups in total. The molecule has 8 nitrogen and oxygen atoms in total. The third kappa shape index (κ3) is 5.73. The van der Waals surface area contributed by atoms with E-state index in [0.717, 1.165) is 48.5 Å². The van der Waals surface area contributed by atoms with E-state index in [4.69, 9.17) is 9.47 Å². The number of nitrogens with zero attached hydrogens (tertiary/aromatic N) is 4. The molecule has 1 aromatic heterocycles. The van der Waals surface area contributed by atoms with E-state index < -0.39 is 0 Å². The van der Waals surface area contributed by atoms with Gasteiger partial charge < -0.3 is 20.1 Å². The van der Waals surface area contributed by atoms with Crippen LogP contribution in [0.5, 0.6) is 11.5 Å². The van der Waals surface area contributed by atoms with Crippen molar-refractivity contribution in [2.45, 2.75) is 45.4 Å². The van der Waals surface area contributed by atoms with Crippen LogP contribution in [0.15, 0.2) is 29.3 Å². The highest BCUT2D eigenvalue weighted by Gasteiger charge is 2.21. The fourth-order valence-corrected chi connectivity index (χ4v) is 3.15. The monoisotopic (exact) mass is 500 g/mol. The van der Waals surface area contributed by atoms with E-state index in [-0.39, 0.29) is 36.1 Å². The molecule has 3 rings (SSSR count). The number of hydrogen-bond acceptors (Lipinski definition) is 5. The Morgan fingerprint density at radius 3 is 2.82 bits per heavy atom. The number of fused-ring (bicyclic) bond motifs is 1. The summed E-state index contributed by atoms with van der Waals surface area (Å²) in [5.41, 5.74) is 0. The molecule has 0 spiro atoms. The Bertz CT molecular complexity index is 794. The average molecular weight is 500 g/mol. The molecular weight excluding hydrogens is 471 g/mol. The van der Waals surface area contributed by atoms with Gasteiger partial charge in [-0.3, -0.25) is 4.99 Å². The summed E-state index contributed by atoms with van der Waals surface area (Å²) in [6.45, 7) is 5.36. The first-order chi connectivity index (χ1) is 13.1. The van der Waals surface area contributed by atoms with Gasteiger partial charge in [-0.2, -0.15) is 5.10 Å². The van der Waals surface area contributed by atoms with Crippen LogP contribution in [0, 0.1) is 6.92 Å². The molecule has 0 saturated carbocycles. The van der Waals surface area contributed by atoms with E-state index >= 15 is 0 Å². The van der Waals surface area contributed by atoms with Crippen molar-refractivity contribution in [1.29, 1.82) is 0 Å². The maximum Gasteiger partial charge on any atom is 0.191 e. The minimum Gasteiger partial charge on any atom is -0.493 e. The van der Waals surface area contributed by atoms with Crippen molar-refractivity contribution in [2.75, 3.05) is 20.7 Å². The largest absolute Gasteiger partial charge is 0.493 e. The number of rotatable bonds is 6. The lowest BCUT2D eigenvalue weighted by Crippen LogP contribution is -2.48. The van der Waals surface area contributed by atoms with Gasteiger partial charge in [0.15, 0.2) is 17.5 Å². The van der Waals surface area contributed by atoms with Crippen molar-refractivity contribution in [1.82, 2.24) is 25.4 Å². The first-order valence-corrected chi connectivity index (χ1v) is 9.26. The van der Waals surface area contributed by atoms with Gasteiger partial charge in [0.25, 0.3) is 0 Å². The van der Waals surface area contributed by atoms with Gasteiger partial charge in [0.1, 0.15) is 17.8 Å². The number of para-hydroxylation sites is 2. The Balaban J connectivity index is 0.00000280. The molecule has 2 atom stereocenters. The summed E-state index contributed by atoms with van der Waals surface area (Å²) in [5, 5.41) is 11.2. The maximum atomic E-state index is 5.98. The van der Waals surface area contributed by atoms with Crippen molar-refractivity contribution < 1.29 is 9.47 Å². The van der Waals surface area contributed by atoms with Crippen LogP contribution in [-0.2, 0) is 13.0 Å². The first kappa shape index (κ1) is 22.3. The third-order valence-corrected chi connectivity index (χ3v) is 4.48. The number of aryl methyl sites for hydroxylation is 2. The highest BCUT2D eigenvalue weighted by Crippen LogP contribution is 2.26. The highest BCUT2D eigenvalue weighted by atomic mass is 127. The van der Waals surface area contributed by atoms with E-state index in [1.165, 1.54) is 0 Å². The molecule has 1 aliphatic heterocycles. The number of ether oxygens (including phenoxy) is 2. The zero-order valence-corrected chi connectivity index (χ0v) is 19.1. The number of benzene rings is 1. The van der Waals surface area contributed by atoms with Crippen molar-refractivity contribution in [3.8, 4) is 11.5 Å². The Morgan fingerprint density at radius 1 is 1.36 bits per heavy atom. The number of nitrogens with one attached hydrogen (secondary N) is 2. The Kier molecular flexibility index (Phi) is 8.34. The number of guanidine groups is 1. The second-order valence-electron chi connectivity index (χ2n) is 6.67.